The third-order valence-corrected chi connectivity index (χ3v) is 7.05. The van der Waals surface area contributed by atoms with Gasteiger partial charge in [-0.25, -0.2) is 8.42 Å². The van der Waals surface area contributed by atoms with Crippen molar-refractivity contribution in [2.45, 2.75) is 18.2 Å². The molecule has 1 aromatic carbocycles. The number of aromatic nitrogens is 1. The van der Waals surface area contributed by atoms with Gasteiger partial charge < -0.3 is 10.2 Å². The molecule has 0 bridgehead atoms. The molecule has 0 aliphatic rings. The summed E-state index contributed by atoms with van der Waals surface area (Å²) in [5.41, 5.74) is 2.47. The minimum Gasteiger partial charge on any atom is -0.349 e. The van der Waals surface area contributed by atoms with E-state index in [1.54, 1.807) is 32.4 Å². The van der Waals surface area contributed by atoms with E-state index in [0.717, 1.165) is 22.3 Å². The van der Waals surface area contributed by atoms with Crippen LogP contribution in [0.2, 0.25) is 5.02 Å². The average molecular weight is 492 g/mol. The Labute approximate surface area is 196 Å². The van der Waals surface area contributed by atoms with Crippen LogP contribution in [0.1, 0.15) is 20.1 Å². The number of carbonyl (C=O) groups excluding carboxylic acids is 2. The molecule has 0 fully saturated rings. The second kappa shape index (κ2) is 9.40. The molecule has 0 spiro atoms. The summed E-state index contributed by atoms with van der Waals surface area (Å²) < 4.78 is 23.7. The normalized spacial score (nSPS) is 11.3. The minimum absolute atomic E-state index is 0.0204. The van der Waals surface area contributed by atoms with Gasteiger partial charge in [0.15, 0.2) is 9.84 Å². The van der Waals surface area contributed by atoms with E-state index in [0.29, 0.717) is 10.6 Å². The monoisotopic (exact) mass is 491 g/mol. The van der Waals surface area contributed by atoms with Crippen LogP contribution >= 0.6 is 22.9 Å². The van der Waals surface area contributed by atoms with Gasteiger partial charge in [-0.2, -0.15) is 0 Å². The summed E-state index contributed by atoms with van der Waals surface area (Å²) >= 11 is 7.31. The number of sulfone groups is 1. The molecule has 10 heteroatoms. The molecule has 0 aliphatic carbocycles. The standard InChI is InChI=1S/C22H22ClN3O4S2/c1-13-18(21-14(6-5-7-24-21)8-20(27)26(2)3)12-19(31-13)22(28)25-16-9-15(23)10-17(11-16)32(4,29)30/h5-7,9-12H,8H2,1-4H3,(H,25,28). The van der Waals surface area contributed by atoms with Gasteiger partial charge in [-0.1, -0.05) is 17.7 Å². The highest BCUT2D eigenvalue weighted by Gasteiger charge is 2.19. The Morgan fingerprint density at radius 1 is 1.19 bits per heavy atom. The highest BCUT2D eigenvalue weighted by Crippen LogP contribution is 2.33. The number of hydrogen-bond donors (Lipinski definition) is 1. The SMILES string of the molecule is Cc1sc(C(=O)Nc2cc(Cl)cc(S(C)(=O)=O)c2)cc1-c1ncccc1CC(=O)N(C)C. The number of nitrogens with one attached hydrogen (secondary N) is 1. The van der Waals surface area contributed by atoms with Crippen molar-refractivity contribution in [2.24, 2.45) is 0 Å². The maximum atomic E-state index is 12.9. The van der Waals surface area contributed by atoms with E-state index in [4.69, 9.17) is 11.6 Å². The zero-order chi connectivity index (χ0) is 23.6. The molecule has 2 aromatic heterocycles. The Hall–Kier alpha value is -2.75. The first-order valence-corrected chi connectivity index (χ1v) is 12.6. The summed E-state index contributed by atoms with van der Waals surface area (Å²) in [4.78, 5) is 32.4. The van der Waals surface area contributed by atoms with Crippen LogP contribution in [0.25, 0.3) is 11.3 Å². The van der Waals surface area contributed by atoms with Gasteiger partial charge >= 0.3 is 0 Å². The van der Waals surface area contributed by atoms with Gasteiger partial charge in [-0.05, 0) is 42.8 Å². The zero-order valence-corrected chi connectivity index (χ0v) is 20.4. The number of benzene rings is 1. The summed E-state index contributed by atoms with van der Waals surface area (Å²) in [6.07, 6.45) is 2.92. The van der Waals surface area contributed by atoms with Crippen LogP contribution in [-0.2, 0) is 21.1 Å². The molecule has 1 N–H and O–H groups in total. The molecule has 0 saturated heterocycles. The van der Waals surface area contributed by atoms with Crippen molar-refractivity contribution in [3.05, 3.63) is 62.9 Å². The summed E-state index contributed by atoms with van der Waals surface area (Å²) in [6.45, 7) is 1.88. The molecule has 3 aromatic rings. The zero-order valence-electron chi connectivity index (χ0n) is 18.0. The largest absolute Gasteiger partial charge is 0.349 e. The van der Waals surface area contributed by atoms with E-state index in [1.165, 1.54) is 34.4 Å². The maximum absolute atomic E-state index is 12.9. The summed E-state index contributed by atoms with van der Waals surface area (Å²) in [5.74, 6) is -0.444. The molecule has 0 atom stereocenters. The van der Waals surface area contributed by atoms with Crippen molar-refractivity contribution < 1.29 is 18.0 Å². The van der Waals surface area contributed by atoms with Crippen molar-refractivity contribution in [1.82, 2.24) is 9.88 Å². The number of rotatable bonds is 6. The fraction of sp³-hybridized carbons (Fsp3) is 0.227. The first-order valence-electron chi connectivity index (χ1n) is 9.52. The number of hydrogen-bond acceptors (Lipinski definition) is 6. The predicted octanol–water partition coefficient (Wildman–Crippen LogP) is 4.06. The lowest BCUT2D eigenvalue weighted by Gasteiger charge is -2.12. The van der Waals surface area contributed by atoms with Crippen LogP contribution in [0.3, 0.4) is 0 Å². The van der Waals surface area contributed by atoms with E-state index < -0.39 is 15.7 Å². The third-order valence-electron chi connectivity index (χ3n) is 4.69. The van der Waals surface area contributed by atoms with E-state index in [9.17, 15) is 18.0 Å². The maximum Gasteiger partial charge on any atom is 0.265 e. The van der Waals surface area contributed by atoms with E-state index in [-0.39, 0.29) is 27.9 Å². The molecule has 3 rings (SSSR count). The predicted molar refractivity (Wildman–Crippen MR) is 127 cm³/mol. The first kappa shape index (κ1) is 23.9. The Kier molecular flexibility index (Phi) is 7.02. The highest BCUT2D eigenvalue weighted by molar-refractivity contribution is 7.90. The molecule has 0 unspecified atom stereocenters. The van der Waals surface area contributed by atoms with Crippen LogP contribution in [0, 0.1) is 6.92 Å². The summed E-state index contributed by atoms with van der Waals surface area (Å²) in [6, 6.07) is 9.53. The molecular weight excluding hydrogens is 470 g/mol. The number of halogens is 1. The van der Waals surface area contributed by atoms with Crippen molar-refractivity contribution in [1.29, 1.82) is 0 Å². The molecular formula is C22H22ClN3O4S2. The second-order valence-electron chi connectivity index (χ2n) is 7.46. The lowest BCUT2D eigenvalue weighted by Crippen LogP contribution is -2.23. The Morgan fingerprint density at radius 3 is 2.56 bits per heavy atom. The van der Waals surface area contributed by atoms with Gasteiger partial charge in [0.1, 0.15) is 0 Å². The smallest absolute Gasteiger partial charge is 0.265 e. The summed E-state index contributed by atoms with van der Waals surface area (Å²) in [5, 5.41) is 2.91. The Morgan fingerprint density at radius 2 is 1.91 bits per heavy atom. The number of pyridine rings is 1. The molecule has 7 nitrogen and oxygen atoms in total. The van der Waals surface area contributed by atoms with Crippen LogP contribution in [0.4, 0.5) is 5.69 Å². The molecule has 0 radical (unpaired) electrons. The van der Waals surface area contributed by atoms with Gasteiger partial charge in [0.2, 0.25) is 5.91 Å². The van der Waals surface area contributed by atoms with Gasteiger partial charge in [0.05, 0.1) is 21.9 Å². The fourth-order valence-corrected chi connectivity index (χ4v) is 4.91. The third kappa shape index (κ3) is 5.53. The lowest BCUT2D eigenvalue weighted by atomic mass is 10.0. The number of nitrogens with zero attached hydrogens (tertiary/aromatic N) is 2. The van der Waals surface area contributed by atoms with Crippen molar-refractivity contribution >= 4 is 50.3 Å². The first-order chi connectivity index (χ1) is 15.0. The quantitative estimate of drug-likeness (QED) is 0.561. The summed E-state index contributed by atoms with van der Waals surface area (Å²) in [7, 11) is -0.0880. The number of thiophene rings is 1. The molecule has 32 heavy (non-hydrogen) atoms. The second-order valence-corrected chi connectivity index (χ2v) is 11.2. The number of anilines is 1. The van der Waals surface area contributed by atoms with Crippen molar-refractivity contribution in [3.63, 3.8) is 0 Å². The molecule has 0 saturated carbocycles. The van der Waals surface area contributed by atoms with E-state index in [2.05, 4.69) is 10.3 Å². The minimum atomic E-state index is -3.48. The number of amides is 2. The fourth-order valence-electron chi connectivity index (χ4n) is 3.02. The van der Waals surface area contributed by atoms with Crippen LogP contribution in [0.15, 0.2) is 47.5 Å². The number of carbonyl (C=O) groups is 2. The van der Waals surface area contributed by atoms with Crippen molar-refractivity contribution in [3.8, 4) is 11.3 Å². The highest BCUT2D eigenvalue weighted by atomic mass is 35.5. The van der Waals surface area contributed by atoms with Gasteiger partial charge in [0.25, 0.3) is 5.91 Å². The molecule has 0 aliphatic heterocycles. The Bertz CT molecular complexity index is 1300. The van der Waals surface area contributed by atoms with E-state index in [1.807, 2.05) is 13.0 Å². The molecule has 2 heterocycles. The van der Waals surface area contributed by atoms with Gasteiger partial charge in [-0.15, -0.1) is 11.3 Å². The Balaban J connectivity index is 1.91. The van der Waals surface area contributed by atoms with Crippen molar-refractivity contribution in [2.75, 3.05) is 25.7 Å². The van der Waals surface area contributed by atoms with Crippen LogP contribution < -0.4 is 5.32 Å². The van der Waals surface area contributed by atoms with Gasteiger partial charge in [-0.3, -0.25) is 14.6 Å². The number of aryl methyl sites for hydroxylation is 1. The van der Waals surface area contributed by atoms with E-state index >= 15 is 0 Å². The van der Waals surface area contributed by atoms with Gasteiger partial charge in [0, 0.05) is 47.7 Å². The van der Waals surface area contributed by atoms with Crippen LogP contribution in [-0.4, -0.2) is 50.5 Å². The topological polar surface area (TPSA) is 96.4 Å². The number of likely N-dealkylation sites (N-methyl/N-ethyl adjacent to an activating group) is 1. The molecule has 168 valence electrons. The van der Waals surface area contributed by atoms with Crippen LogP contribution in [0.5, 0.6) is 0 Å². The lowest BCUT2D eigenvalue weighted by molar-refractivity contribution is -0.127. The average Bonchev–Trinajstić information content (AvgIpc) is 3.09. The molecule has 2 amide bonds.